The van der Waals surface area contributed by atoms with Crippen molar-refractivity contribution in [1.82, 2.24) is 0 Å². The largest absolute Gasteiger partial charge is 0.302 e. The third kappa shape index (κ3) is 1.16. The van der Waals surface area contributed by atoms with Gasteiger partial charge in [-0.3, -0.25) is 4.79 Å². The van der Waals surface area contributed by atoms with Gasteiger partial charge in [-0.2, -0.15) is 0 Å². The van der Waals surface area contributed by atoms with Crippen LogP contribution in [-0.4, -0.2) is 12.6 Å². The van der Waals surface area contributed by atoms with Crippen molar-refractivity contribution in [2.75, 3.05) is 0 Å². The Morgan fingerprint density at radius 1 is 1.24 bits per heavy atom. The number of hydrogen-bond donors (Lipinski definition) is 0. The van der Waals surface area contributed by atoms with Crippen LogP contribution in [0.4, 0.5) is 0 Å². The number of aldehydes is 2. The second kappa shape index (κ2) is 2.90. The molecule has 92 valence electrons. The summed E-state index contributed by atoms with van der Waals surface area (Å²) in [5.41, 5.74) is 0.729. The smallest absolute Gasteiger partial charge is 0.146 e. The molecule has 0 aromatic heterocycles. The molecule has 3 aliphatic carbocycles. The molecule has 0 amide bonds. The van der Waals surface area contributed by atoms with Gasteiger partial charge >= 0.3 is 0 Å². The molecule has 3 aliphatic rings. The first kappa shape index (κ1) is 11.2. The van der Waals surface area contributed by atoms with Crippen molar-refractivity contribution in [2.24, 2.45) is 28.1 Å². The van der Waals surface area contributed by atoms with Gasteiger partial charge in [-0.05, 0) is 41.9 Å². The van der Waals surface area contributed by atoms with Crippen LogP contribution in [0.5, 0.6) is 0 Å². The summed E-state index contributed by atoms with van der Waals surface area (Å²) in [5, 5.41) is 0. The maximum Gasteiger partial charge on any atom is 0.146 e. The van der Waals surface area contributed by atoms with Gasteiger partial charge in [0.2, 0.25) is 0 Å². The molecule has 0 aliphatic heterocycles. The first-order chi connectivity index (χ1) is 7.88. The van der Waals surface area contributed by atoms with Gasteiger partial charge in [0.15, 0.2) is 0 Å². The summed E-state index contributed by atoms with van der Waals surface area (Å²) in [6.45, 7) is 6.80. The molecular formula is C15H20O2. The van der Waals surface area contributed by atoms with Gasteiger partial charge in [0.1, 0.15) is 12.6 Å². The summed E-state index contributed by atoms with van der Waals surface area (Å²) in [7, 11) is 0. The molecule has 0 radical (unpaired) electrons. The van der Waals surface area contributed by atoms with E-state index in [2.05, 4.69) is 26.8 Å². The highest BCUT2D eigenvalue weighted by atomic mass is 16.1. The molecule has 0 unspecified atom stereocenters. The predicted octanol–water partition coefficient (Wildman–Crippen LogP) is 2.77. The first-order valence-corrected chi connectivity index (χ1v) is 6.52. The summed E-state index contributed by atoms with van der Waals surface area (Å²) >= 11 is 0. The summed E-state index contributed by atoms with van der Waals surface area (Å²) in [6.07, 6.45) is 7.28. The van der Waals surface area contributed by atoms with Crippen LogP contribution in [0.1, 0.15) is 40.0 Å². The van der Waals surface area contributed by atoms with Crippen LogP contribution in [0.15, 0.2) is 11.6 Å². The van der Waals surface area contributed by atoms with Crippen LogP contribution in [-0.2, 0) is 9.59 Å². The van der Waals surface area contributed by atoms with E-state index in [1.54, 1.807) is 0 Å². The summed E-state index contributed by atoms with van der Waals surface area (Å²) in [5.74, 6) is 1.09. The van der Waals surface area contributed by atoms with Crippen LogP contribution < -0.4 is 0 Å². The molecule has 0 aromatic carbocycles. The summed E-state index contributed by atoms with van der Waals surface area (Å²) in [6, 6.07) is 0. The van der Waals surface area contributed by atoms with Gasteiger partial charge in [-0.15, -0.1) is 0 Å². The van der Waals surface area contributed by atoms with Gasteiger partial charge in [0, 0.05) is 5.57 Å². The van der Waals surface area contributed by atoms with E-state index < -0.39 is 5.41 Å². The Balaban J connectivity index is 2.07. The first-order valence-electron chi connectivity index (χ1n) is 6.52. The zero-order valence-electron chi connectivity index (χ0n) is 10.8. The lowest BCUT2D eigenvalue weighted by atomic mass is 9.70. The third-order valence-corrected chi connectivity index (χ3v) is 5.67. The third-order valence-electron chi connectivity index (χ3n) is 5.67. The van der Waals surface area contributed by atoms with E-state index in [-0.39, 0.29) is 5.41 Å². The van der Waals surface area contributed by atoms with Crippen molar-refractivity contribution < 1.29 is 9.59 Å². The van der Waals surface area contributed by atoms with Crippen LogP contribution in [0, 0.1) is 28.1 Å². The van der Waals surface area contributed by atoms with Gasteiger partial charge < -0.3 is 4.79 Å². The molecule has 0 bridgehead atoms. The highest BCUT2D eigenvalue weighted by Gasteiger charge is 2.73. The lowest BCUT2D eigenvalue weighted by molar-refractivity contribution is -0.115. The SMILES string of the molecule is CC1(C)C[C@H]2C=C(C=O)[C@@]3(C=O)C[C@]3(C)[C@@H]2C1. The summed E-state index contributed by atoms with van der Waals surface area (Å²) < 4.78 is 0. The number of carbonyl (C=O) groups is 2. The molecule has 0 N–H and O–H groups in total. The minimum Gasteiger partial charge on any atom is -0.302 e. The zero-order chi connectivity index (χ0) is 12.5. The molecule has 0 saturated heterocycles. The van der Waals surface area contributed by atoms with Crippen LogP contribution in [0.25, 0.3) is 0 Å². The van der Waals surface area contributed by atoms with Gasteiger partial charge in [-0.25, -0.2) is 0 Å². The Labute approximate surface area is 102 Å². The lowest BCUT2D eigenvalue weighted by Gasteiger charge is -2.33. The Morgan fingerprint density at radius 3 is 2.53 bits per heavy atom. The zero-order valence-corrected chi connectivity index (χ0v) is 10.8. The van der Waals surface area contributed by atoms with E-state index in [0.29, 0.717) is 17.3 Å². The minimum atomic E-state index is -0.434. The van der Waals surface area contributed by atoms with Crippen molar-refractivity contribution in [3.8, 4) is 0 Å². The number of fused-ring (bicyclic) bond motifs is 3. The van der Waals surface area contributed by atoms with Gasteiger partial charge in [-0.1, -0.05) is 26.8 Å². The molecule has 2 saturated carbocycles. The average Bonchev–Trinajstić information content (AvgIpc) is 2.77. The van der Waals surface area contributed by atoms with Gasteiger partial charge in [0.25, 0.3) is 0 Å². The topological polar surface area (TPSA) is 34.1 Å². The van der Waals surface area contributed by atoms with E-state index in [9.17, 15) is 9.59 Å². The van der Waals surface area contributed by atoms with E-state index in [1.165, 1.54) is 6.42 Å². The highest BCUT2D eigenvalue weighted by molar-refractivity contribution is 5.89. The Bertz CT molecular complexity index is 434. The Kier molecular flexibility index (Phi) is 1.91. The van der Waals surface area contributed by atoms with Crippen LogP contribution in [0.2, 0.25) is 0 Å². The maximum atomic E-state index is 11.4. The molecule has 4 atom stereocenters. The molecule has 0 aromatic rings. The average molecular weight is 232 g/mol. The monoisotopic (exact) mass is 232 g/mol. The number of carbonyl (C=O) groups excluding carboxylic acids is 2. The Hall–Kier alpha value is -0.920. The van der Waals surface area contributed by atoms with E-state index >= 15 is 0 Å². The van der Waals surface area contributed by atoms with E-state index in [4.69, 9.17) is 0 Å². The maximum absolute atomic E-state index is 11.4. The molecule has 2 heteroatoms. The predicted molar refractivity (Wildman–Crippen MR) is 65.4 cm³/mol. The lowest BCUT2D eigenvalue weighted by Crippen LogP contribution is -2.31. The second-order valence-corrected chi connectivity index (χ2v) is 7.27. The normalized spacial score (nSPS) is 49.9. The molecule has 0 heterocycles. The van der Waals surface area contributed by atoms with Crippen molar-refractivity contribution in [2.45, 2.75) is 40.0 Å². The standard InChI is InChI=1S/C15H20O2/c1-13(2)5-10-4-11(7-16)15(9-17)8-14(15,3)12(10)6-13/h4,7,9-10,12H,5-6,8H2,1-3H3/t10-,12-,14-,15+/m1/s1. The van der Waals surface area contributed by atoms with E-state index in [1.807, 2.05) is 0 Å². The second-order valence-electron chi connectivity index (χ2n) is 7.27. The summed E-state index contributed by atoms with van der Waals surface area (Å²) in [4.78, 5) is 22.7. The van der Waals surface area contributed by atoms with Crippen molar-refractivity contribution in [3.63, 3.8) is 0 Å². The fraction of sp³-hybridized carbons (Fsp3) is 0.733. The fourth-order valence-electron chi connectivity index (χ4n) is 4.68. The van der Waals surface area contributed by atoms with Crippen LogP contribution >= 0.6 is 0 Å². The highest BCUT2D eigenvalue weighted by Crippen LogP contribution is 2.76. The number of rotatable bonds is 2. The molecule has 3 rings (SSSR count). The molecule has 2 fully saturated rings. The van der Waals surface area contributed by atoms with E-state index in [0.717, 1.165) is 31.0 Å². The Morgan fingerprint density at radius 2 is 1.94 bits per heavy atom. The van der Waals surface area contributed by atoms with Crippen LogP contribution in [0.3, 0.4) is 0 Å². The molecular weight excluding hydrogens is 212 g/mol. The molecule has 0 spiro atoms. The van der Waals surface area contributed by atoms with Crippen molar-refractivity contribution in [1.29, 1.82) is 0 Å². The van der Waals surface area contributed by atoms with Gasteiger partial charge in [0.05, 0.1) is 5.41 Å². The minimum absolute atomic E-state index is 0.0538. The fourth-order valence-corrected chi connectivity index (χ4v) is 4.68. The number of allylic oxidation sites excluding steroid dienone is 2. The van der Waals surface area contributed by atoms with Crippen molar-refractivity contribution in [3.05, 3.63) is 11.6 Å². The number of hydrogen-bond acceptors (Lipinski definition) is 2. The molecule has 2 nitrogen and oxygen atoms in total. The molecule has 17 heavy (non-hydrogen) atoms. The quantitative estimate of drug-likeness (QED) is 0.686. The van der Waals surface area contributed by atoms with Crippen molar-refractivity contribution >= 4 is 12.6 Å².